The number of aromatic nitrogens is 2. The molecule has 0 saturated heterocycles. The second kappa shape index (κ2) is 4.36. The number of hydrogen-bond donors (Lipinski definition) is 2. The maximum atomic E-state index is 5.40. The number of ether oxygens (including phenoxy) is 1. The van der Waals surface area contributed by atoms with Crippen molar-refractivity contribution in [2.45, 2.75) is 13.0 Å². The van der Waals surface area contributed by atoms with E-state index in [1.54, 1.807) is 11.8 Å². The fraction of sp³-hybridized carbons (Fsp3) is 0.625. The largest absolute Gasteiger partial charge is 0.383 e. The summed E-state index contributed by atoms with van der Waals surface area (Å²) in [6.45, 7) is 2.50. The van der Waals surface area contributed by atoms with Gasteiger partial charge in [0.05, 0.1) is 18.3 Å². The maximum Gasteiger partial charge on any atom is 0.0727 e. The molecule has 74 valence electrons. The van der Waals surface area contributed by atoms with Gasteiger partial charge in [-0.25, -0.2) is 0 Å². The van der Waals surface area contributed by atoms with Crippen molar-refractivity contribution in [3.8, 4) is 0 Å². The summed E-state index contributed by atoms with van der Waals surface area (Å²) in [5, 5.41) is 4.23. The van der Waals surface area contributed by atoms with Crippen LogP contribution in [0, 0.1) is 6.92 Å². The third-order valence-electron chi connectivity index (χ3n) is 1.96. The minimum atomic E-state index is 0.0127. The Morgan fingerprint density at radius 1 is 1.77 bits per heavy atom. The van der Waals surface area contributed by atoms with E-state index in [-0.39, 0.29) is 6.04 Å². The highest BCUT2D eigenvalue weighted by molar-refractivity contribution is 5.19. The number of hydrazine groups is 1. The predicted molar refractivity (Wildman–Crippen MR) is 49.9 cm³/mol. The van der Waals surface area contributed by atoms with Crippen molar-refractivity contribution >= 4 is 0 Å². The lowest BCUT2D eigenvalue weighted by molar-refractivity contribution is 0.167. The van der Waals surface area contributed by atoms with Crippen molar-refractivity contribution in [2.75, 3.05) is 13.7 Å². The van der Waals surface area contributed by atoms with Gasteiger partial charge in [-0.05, 0) is 6.92 Å². The molecule has 0 bridgehead atoms. The smallest absolute Gasteiger partial charge is 0.0727 e. The number of nitrogens with one attached hydrogen (secondary N) is 1. The van der Waals surface area contributed by atoms with Crippen LogP contribution in [0.15, 0.2) is 6.20 Å². The van der Waals surface area contributed by atoms with Crippen LogP contribution in [-0.2, 0) is 11.8 Å². The van der Waals surface area contributed by atoms with Crippen LogP contribution in [0.4, 0.5) is 0 Å². The summed E-state index contributed by atoms with van der Waals surface area (Å²) in [5.74, 6) is 5.40. The lowest BCUT2D eigenvalue weighted by Crippen LogP contribution is -2.31. The standard InChI is InChI=1S/C8H16N4O/c1-6-7(4-12(2)11-6)8(10-9)5-13-3/h4,8,10H,5,9H2,1-3H3. The van der Waals surface area contributed by atoms with Crippen LogP contribution in [0.5, 0.6) is 0 Å². The molecular formula is C8H16N4O. The highest BCUT2D eigenvalue weighted by atomic mass is 16.5. The molecule has 0 amide bonds. The Morgan fingerprint density at radius 3 is 2.85 bits per heavy atom. The van der Waals surface area contributed by atoms with Crippen LogP contribution in [0.3, 0.4) is 0 Å². The van der Waals surface area contributed by atoms with Crippen LogP contribution in [0.25, 0.3) is 0 Å². The van der Waals surface area contributed by atoms with Crippen LogP contribution in [-0.4, -0.2) is 23.5 Å². The molecule has 0 saturated carbocycles. The van der Waals surface area contributed by atoms with E-state index in [1.807, 2.05) is 20.2 Å². The van der Waals surface area contributed by atoms with Crippen molar-refractivity contribution < 1.29 is 4.74 Å². The first-order valence-corrected chi connectivity index (χ1v) is 4.14. The molecular weight excluding hydrogens is 168 g/mol. The highest BCUT2D eigenvalue weighted by Crippen LogP contribution is 2.15. The molecule has 5 nitrogen and oxygen atoms in total. The first kappa shape index (κ1) is 10.2. The fourth-order valence-corrected chi connectivity index (χ4v) is 1.35. The fourth-order valence-electron chi connectivity index (χ4n) is 1.35. The molecule has 13 heavy (non-hydrogen) atoms. The molecule has 0 aliphatic carbocycles. The normalized spacial score (nSPS) is 13.2. The second-order valence-electron chi connectivity index (χ2n) is 3.02. The zero-order valence-electron chi connectivity index (χ0n) is 8.24. The van der Waals surface area contributed by atoms with E-state index in [4.69, 9.17) is 10.6 Å². The van der Waals surface area contributed by atoms with Crippen molar-refractivity contribution in [3.05, 3.63) is 17.5 Å². The number of hydrogen-bond acceptors (Lipinski definition) is 4. The van der Waals surface area contributed by atoms with Gasteiger partial charge in [-0.2, -0.15) is 5.10 Å². The quantitative estimate of drug-likeness (QED) is 0.506. The van der Waals surface area contributed by atoms with Crippen molar-refractivity contribution in [2.24, 2.45) is 12.9 Å². The summed E-state index contributed by atoms with van der Waals surface area (Å²) in [5.41, 5.74) is 4.75. The Balaban J connectivity index is 2.83. The van der Waals surface area contributed by atoms with Gasteiger partial charge in [-0.15, -0.1) is 0 Å². The number of nitrogens with zero attached hydrogens (tertiary/aromatic N) is 2. The van der Waals surface area contributed by atoms with E-state index < -0.39 is 0 Å². The Kier molecular flexibility index (Phi) is 3.41. The zero-order valence-corrected chi connectivity index (χ0v) is 8.24. The van der Waals surface area contributed by atoms with Gasteiger partial charge in [0, 0.05) is 25.9 Å². The van der Waals surface area contributed by atoms with Crippen LogP contribution >= 0.6 is 0 Å². The van der Waals surface area contributed by atoms with Crippen molar-refractivity contribution in [1.82, 2.24) is 15.2 Å². The van der Waals surface area contributed by atoms with Gasteiger partial charge in [0.2, 0.25) is 0 Å². The lowest BCUT2D eigenvalue weighted by atomic mass is 10.1. The van der Waals surface area contributed by atoms with E-state index in [2.05, 4.69) is 10.5 Å². The summed E-state index contributed by atoms with van der Waals surface area (Å²) in [6, 6.07) is 0.0127. The summed E-state index contributed by atoms with van der Waals surface area (Å²) in [6.07, 6.45) is 1.94. The molecule has 1 rings (SSSR count). The third-order valence-corrected chi connectivity index (χ3v) is 1.96. The van der Waals surface area contributed by atoms with Gasteiger partial charge in [0.1, 0.15) is 0 Å². The second-order valence-corrected chi connectivity index (χ2v) is 3.02. The molecule has 3 N–H and O–H groups in total. The highest BCUT2D eigenvalue weighted by Gasteiger charge is 2.14. The SMILES string of the molecule is COCC(NN)c1cn(C)nc1C. The average Bonchev–Trinajstić information content (AvgIpc) is 2.41. The van der Waals surface area contributed by atoms with Crippen LogP contribution < -0.4 is 11.3 Å². The molecule has 1 heterocycles. The third kappa shape index (κ3) is 2.27. The first-order valence-electron chi connectivity index (χ1n) is 4.14. The maximum absolute atomic E-state index is 5.40. The molecule has 0 aliphatic heterocycles. The summed E-state index contributed by atoms with van der Waals surface area (Å²) >= 11 is 0. The monoisotopic (exact) mass is 184 g/mol. The van der Waals surface area contributed by atoms with E-state index in [0.29, 0.717) is 6.61 Å². The minimum Gasteiger partial charge on any atom is -0.383 e. The average molecular weight is 184 g/mol. The number of aryl methyl sites for hydroxylation is 2. The molecule has 0 aromatic carbocycles. The zero-order chi connectivity index (χ0) is 9.84. The van der Waals surface area contributed by atoms with Gasteiger partial charge in [-0.3, -0.25) is 16.0 Å². The van der Waals surface area contributed by atoms with Crippen molar-refractivity contribution in [3.63, 3.8) is 0 Å². The summed E-state index contributed by atoms with van der Waals surface area (Å²) in [4.78, 5) is 0. The molecule has 1 atom stereocenters. The van der Waals surface area contributed by atoms with Gasteiger partial charge in [0.15, 0.2) is 0 Å². The molecule has 1 aromatic rings. The Bertz CT molecular complexity index is 271. The van der Waals surface area contributed by atoms with Crippen LogP contribution in [0.1, 0.15) is 17.3 Å². The molecule has 5 heteroatoms. The number of nitrogens with two attached hydrogens (primary N) is 1. The molecule has 1 aromatic heterocycles. The molecule has 0 spiro atoms. The number of methoxy groups -OCH3 is 1. The van der Waals surface area contributed by atoms with Gasteiger partial charge in [-0.1, -0.05) is 0 Å². The van der Waals surface area contributed by atoms with Gasteiger partial charge >= 0.3 is 0 Å². The molecule has 0 radical (unpaired) electrons. The van der Waals surface area contributed by atoms with Gasteiger partial charge < -0.3 is 4.74 Å². The Labute approximate surface area is 77.8 Å². The van der Waals surface area contributed by atoms with E-state index >= 15 is 0 Å². The minimum absolute atomic E-state index is 0.0127. The van der Waals surface area contributed by atoms with E-state index in [0.717, 1.165) is 11.3 Å². The Morgan fingerprint density at radius 2 is 2.46 bits per heavy atom. The summed E-state index contributed by atoms with van der Waals surface area (Å²) < 4.78 is 6.80. The molecule has 0 aliphatic rings. The van der Waals surface area contributed by atoms with Gasteiger partial charge in [0.25, 0.3) is 0 Å². The van der Waals surface area contributed by atoms with E-state index in [9.17, 15) is 0 Å². The lowest BCUT2D eigenvalue weighted by Gasteiger charge is -2.13. The van der Waals surface area contributed by atoms with Crippen molar-refractivity contribution in [1.29, 1.82) is 0 Å². The summed E-state index contributed by atoms with van der Waals surface area (Å²) in [7, 11) is 3.53. The van der Waals surface area contributed by atoms with E-state index in [1.165, 1.54) is 0 Å². The predicted octanol–water partition coefficient (Wildman–Crippen LogP) is -0.121. The topological polar surface area (TPSA) is 65.1 Å². The number of rotatable bonds is 4. The Hall–Kier alpha value is -0.910. The molecule has 0 fully saturated rings. The molecule has 1 unspecified atom stereocenters. The van der Waals surface area contributed by atoms with Crippen LogP contribution in [0.2, 0.25) is 0 Å². The first-order chi connectivity index (χ1) is 6.19.